The molecule has 0 fully saturated rings. The molecule has 0 aliphatic carbocycles. The minimum atomic E-state index is -1.73. The summed E-state index contributed by atoms with van der Waals surface area (Å²) in [6.07, 6.45) is -4.57. The van der Waals surface area contributed by atoms with E-state index in [0.717, 1.165) is 0 Å². The molecular weight excluding hydrogens is 999 g/mol. The van der Waals surface area contributed by atoms with Gasteiger partial charge in [-0.3, -0.25) is 52.7 Å². The molecule has 0 saturated carbocycles. The zero-order chi connectivity index (χ0) is 58.9. The molecule has 0 aliphatic rings. The summed E-state index contributed by atoms with van der Waals surface area (Å²) in [6.45, 7) is 18.8. The first-order valence-electron chi connectivity index (χ1n) is 25.6. The maximum absolute atomic E-state index is 14.1. The lowest BCUT2D eigenvalue weighted by molar-refractivity contribution is -0.143. The van der Waals surface area contributed by atoms with Crippen molar-refractivity contribution in [2.24, 2.45) is 41.1 Å². The van der Waals surface area contributed by atoms with E-state index in [-0.39, 0.29) is 62.2 Å². The number of hydrogen-bond acceptors (Lipinski definition) is 15. The first-order chi connectivity index (χ1) is 35.1. The number of carboxylic acids is 2. The Morgan fingerprint density at radius 1 is 0.408 bits per heavy atom. The summed E-state index contributed by atoms with van der Waals surface area (Å²) < 4.78 is 0. The van der Waals surface area contributed by atoms with Gasteiger partial charge in [0.25, 0.3) is 0 Å². The van der Waals surface area contributed by atoms with Crippen molar-refractivity contribution in [1.29, 1.82) is 0 Å². The number of nitrogens with one attached hydrogen (secondary N) is 9. The molecule has 0 aromatic rings. The van der Waals surface area contributed by atoms with Gasteiger partial charge in [0, 0.05) is 12.8 Å². The smallest absolute Gasteiger partial charge is 0.326 e. The van der Waals surface area contributed by atoms with Crippen LogP contribution >= 0.6 is 0 Å². The van der Waals surface area contributed by atoms with Crippen LogP contribution in [-0.2, 0) is 57.5 Å². The molecule has 0 radical (unpaired) electrons. The van der Waals surface area contributed by atoms with Crippen molar-refractivity contribution in [3.05, 3.63) is 0 Å². The third kappa shape index (κ3) is 27.3. The van der Waals surface area contributed by atoms with Crippen molar-refractivity contribution < 1.29 is 78.0 Å². The predicted octanol–water partition coefficient (Wildman–Crippen LogP) is -2.87. The van der Waals surface area contributed by atoms with E-state index in [1.807, 2.05) is 0 Å². The van der Waals surface area contributed by atoms with Gasteiger partial charge in [-0.15, -0.1) is 0 Å². The third-order valence-corrected chi connectivity index (χ3v) is 11.5. The number of hydrogen-bond donors (Lipinski definition) is 15. The SMILES string of the molecule is CC(C)C[C@H](NC(=O)CNC(=O)[C@H](CCC(=O)O)NC(=O)[C@@H](N)[C@@H](C)O)C(=O)N[C@H](C(=O)N[C@@H](CC(C)C)C(=O)N[C@@H](CC(C)C)C(=O)N[C@@H](CCC(N)=O)C(=O)N[C@@H](CC(C)C)C(=O)N[C@H](C(=O)O)C(C)C)[C@@H](C)O. The lowest BCUT2D eigenvalue weighted by Crippen LogP contribution is -2.62. The van der Waals surface area contributed by atoms with Crippen molar-refractivity contribution >= 4 is 71.0 Å². The van der Waals surface area contributed by atoms with Gasteiger partial charge in [-0.2, -0.15) is 0 Å². The topological polar surface area (TPSA) is 446 Å². The lowest BCUT2D eigenvalue weighted by atomic mass is 9.98. The number of primary amides is 1. The molecule has 0 aliphatic heterocycles. The van der Waals surface area contributed by atoms with Gasteiger partial charge < -0.3 is 79.7 Å². The number of amides is 10. The number of aliphatic hydroxyl groups excluding tert-OH is 2. The molecule has 0 aromatic carbocycles. The fraction of sp³-hybridized carbons (Fsp3) is 0.755. The highest BCUT2D eigenvalue weighted by molar-refractivity contribution is 5.98. The molecule has 11 atom stereocenters. The molecule has 10 amide bonds. The average molecular weight is 1090 g/mol. The molecule has 0 heterocycles. The zero-order valence-corrected chi connectivity index (χ0v) is 45.9. The summed E-state index contributed by atoms with van der Waals surface area (Å²) in [6, 6.07) is -12.8. The van der Waals surface area contributed by atoms with E-state index in [1.54, 1.807) is 69.2 Å². The highest BCUT2D eigenvalue weighted by Gasteiger charge is 2.37. The van der Waals surface area contributed by atoms with E-state index in [4.69, 9.17) is 16.6 Å². The van der Waals surface area contributed by atoms with Crippen LogP contribution in [0.25, 0.3) is 0 Å². The molecule has 0 rings (SSSR count). The monoisotopic (exact) mass is 1090 g/mol. The molecular formula is C49H87N11O16. The molecule has 0 aromatic heterocycles. The molecule has 27 nitrogen and oxygen atoms in total. The highest BCUT2D eigenvalue weighted by Crippen LogP contribution is 2.14. The van der Waals surface area contributed by atoms with Crippen LogP contribution in [0.2, 0.25) is 0 Å². The predicted molar refractivity (Wildman–Crippen MR) is 275 cm³/mol. The maximum Gasteiger partial charge on any atom is 0.326 e. The number of aliphatic carboxylic acids is 2. The number of carboxylic acid groups (broad SMARTS) is 2. The van der Waals surface area contributed by atoms with Crippen LogP contribution in [0, 0.1) is 29.6 Å². The first kappa shape index (κ1) is 69.5. The summed E-state index contributed by atoms with van der Waals surface area (Å²) in [5.41, 5.74) is 11.0. The summed E-state index contributed by atoms with van der Waals surface area (Å²) in [7, 11) is 0. The number of nitrogens with two attached hydrogens (primary N) is 2. The van der Waals surface area contributed by atoms with Crippen LogP contribution in [0.4, 0.5) is 0 Å². The average Bonchev–Trinajstić information content (AvgIpc) is 3.28. The lowest BCUT2D eigenvalue weighted by Gasteiger charge is -2.29. The number of rotatable bonds is 36. The van der Waals surface area contributed by atoms with E-state index in [0.29, 0.717) is 0 Å². The standard InChI is InChI=1S/C49H87N11O16/c1-22(2)17-31(53-36(64)21-52-41(67)29(14-16-37(65)66)55-47(73)38(51)27(11)61)45(71)60-40(28(12)62)48(74)58-33(19-24(5)6)44(70)57-32(18-23(3)4)43(69)54-30(13-15-35(50)63)42(68)56-34(20-25(7)8)46(72)59-39(26(9)10)49(75)76/h22-34,38-40,61-62H,13-21,51H2,1-12H3,(H2,50,63)(H,52,67)(H,53,64)(H,54,69)(H,55,73)(H,56,68)(H,57,70)(H,58,74)(H,59,72)(H,60,71)(H,65,66)(H,75,76)/t27-,28-,29+,30+,31+,32+,33+,34+,38+,39+,40+/m1/s1. The van der Waals surface area contributed by atoms with Gasteiger partial charge in [-0.1, -0.05) is 69.2 Å². The minimum Gasteiger partial charge on any atom is -0.481 e. The number of carbonyl (C=O) groups excluding carboxylic acids is 10. The Morgan fingerprint density at radius 3 is 1.12 bits per heavy atom. The molecule has 434 valence electrons. The first-order valence-corrected chi connectivity index (χ1v) is 25.6. The molecule has 27 heteroatoms. The number of carbonyl (C=O) groups is 12. The molecule has 0 bridgehead atoms. The Bertz CT molecular complexity index is 2000. The second-order valence-corrected chi connectivity index (χ2v) is 21.2. The van der Waals surface area contributed by atoms with E-state index >= 15 is 0 Å². The van der Waals surface area contributed by atoms with Crippen molar-refractivity contribution in [2.75, 3.05) is 6.54 Å². The third-order valence-electron chi connectivity index (χ3n) is 11.5. The normalized spacial score (nSPS) is 15.8. The van der Waals surface area contributed by atoms with E-state index in [9.17, 15) is 72.9 Å². The van der Waals surface area contributed by atoms with Gasteiger partial charge in [0.15, 0.2) is 0 Å². The second kappa shape index (κ2) is 34.2. The Kier molecular flexibility index (Phi) is 31.3. The minimum absolute atomic E-state index is 0.00618. The molecule has 0 saturated heterocycles. The van der Waals surface area contributed by atoms with Crippen molar-refractivity contribution in [3.63, 3.8) is 0 Å². The van der Waals surface area contributed by atoms with Crippen LogP contribution in [0.1, 0.15) is 134 Å². The Balaban J connectivity index is 6.52. The van der Waals surface area contributed by atoms with E-state index in [1.165, 1.54) is 13.8 Å². The number of aliphatic hydroxyl groups is 2. The Labute approximate surface area is 444 Å². The summed E-state index contributed by atoms with van der Waals surface area (Å²) >= 11 is 0. The molecule has 0 unspecified atom stereocenters. The highest BCUT2D eigenvalue weighted by atomic mass is 16.4. The van der Waals surface area contributed by atoms with Crippen LogP contribution < -0.4 is 59.3 Å². The fourth-order valence-corrected chi connectivity index (χ4v) is 7.43. The van der Waals surface area contributed by atoms with Crippen molar-refractivity contribution in [2.45, 2.75) is 201 Å². The van der Waals surface area contributed by atoms with E-state index in [2.05, 4.69) is 47.9 Å². The van der Waals surface area contributed by atoms with Gasteiger partial charge in [0.05, 0.1) is 18.8 Å². The zero-order valence-electron chi connectivity index (χ0n) is 45.9. The van der Waals surface area contributed by atoms with Gasteiger partial charge in [-0.25, -0.2) is 4.79 Å². The molecule has 0 spiro atoms. The molecule has 17 N–H and O–H groups in total. The maximum atomic E-state index is 14.1. The molecule has 76 heavy (non-hydrogen) atoms. The van der Waals surface area contributed by atoms with Crippen LogP contribution in [0.5, 0.6) is 0 Å². The van der Waals surface area contributed by atoms with Gasteiger partial charge >= 0.3 is 11.9 Å². The summed E-state index contributed by atoms with van der Waals surface area (Å²) in [5.74, 6) is -13.1. The van der Waals surface area contributed by atoms with Gasteiger partial charge in [0.2, 0.25) is 59.1 Å². The second-order valence-electron chi connectivity index (χ2n) is 21.2. The Hall–Kier alpha value is -6.48. The Morgan fingerprint density at radius 2 is 0.750 bits per heavy atom. The summed E-state index contributed by atoms with van der Waals surface area (Å²) in [4.78, 5) is 157. The van der Waals surface area contributed by atoms with Crippen molar-refractivity contribution in [1.82, 2.24) is 47.9 Å². The quantitative estimate of drug-likeness (QED) is 0.0300. The largest absolute Gasteiger partial charge is 0.481 e. The summed E-state index contributed by atoms with van der Waals surface area (Å²) in [5, 5.41) is 61.3. The van der Waals surface area contributed by atoms with Crippen molar-refractivity contribution in [3.8, 4) is 0 Å². The van der Waals surface area contributed by atoms with E-state index < -0.39 is 163 Å². The fourth-order valence-electron chi connectivity index (χ4n) is 7.43. The van der Waals surface area contributed by atoms with Crippen LogP contribution in [-0.4, -0.2) is 165 Å². The van der Waals surface area contributed by atoms with Gasteiger partial charge in [-0.05, 0) is 82.0 Å². The van der Waals surface area contributed by atoms with Crippen LogP contribution in [0.15, 0.2) is 0 Å². The van der Waals surface area contributed by atoms with Crippen LogP contribution in [0.3, 0.4) is 0 Å². The van der Waals surface area contributed by atoms with Gasteiger partial charge in [0.1, 0.15) is 54.4 Å².